The second kappa shape index (κ2) is 9.99. The van der Waals surface area contributed by atoms with Gasteiger partial charge in [0, 0.05) is 31.6 Å². The number of morpholine rings is 1. The quantitative estimate of drug-likeness (QED) is 0.583. The van der Waals surface area contributed by atoms with Crippen LogP contribution < -0.4 is 4.80 Å². The van der Waals surface area contributed by atoms with Crippen molar-refractivity contribution in [3.63, 3.8) is 0 Å². The Morgan fingerprint density at radius 1 is 0.889 bits per heavy atom. The lowest BCUT2D eigenvalue weighted by molar-refractivity contribution is 0.0363. The third-order valence-corrected chi connectivity index (χ3v) is 5.46. The van der Waals surface area contributed by atoms with Crippen LogP contribution in [-0.4, -0.2) is 42.3 Å². The summed E-state index contributed by atoms with van der Waals surface area (Å²) in [6.07, 6.45) is 0. The van der Waals surface area contributed by atoms with Gasteiger partial charge in [-0.15, -0.1) is 28.3 Å². The average molecular weight is 446 g/mol. The van der Waals surface area contributed by atoms with Gasteiger partial charge in [0.2, 0.25) is 0 Å². The van der Waals surface area contributed by atoms with E-state index in [4.69, 9.17) is 9.73 Å². The number of nitrogens with zero attached hydrogens (tertiary/aromatic N) is 3. The number of hydrogen-bond donors (Lipinski definition) is 0. The van der Waals surface area contributed by atoms with E-state index >= 15 is 0 Å². The molecule has 4 nitrogen and oxygen atoms in total. The smallest absolute Gasteiger partial charge is 0.190 e. The Morgan fingerprint density at radius 2 is 1.56 bits per heavy atom. The number of rotatable bonds is 5. The van der Waals surface area contributed by atoms with Crippen LogP contribution in [0.15, 0.2) is 71.0 Å². The van der Waals surface area contributed by atoms with Crippen LogP contribution >= 0.6 is 28.3 Å². The minimum Gasteiger partial charge on any atom is -0.379 e. The first-order valence-corrected chi connectivity index (χ1v) is 9.92. The van der Waals surface area contributed by atoms with E-state index in [0.717, 1.165) is 49.9 Å². The molecule has 4 rings (SSSR count). The highest BCUT2D eigenvalue weighted by atomic mass is 79.9. The molecule has 0 radical (unpaired) electrons. The van der Waals surface area contributed by atoms with Crippen molar-refractivity contribution in [3.05, 3.63) is 70.8 Å². The van der Waals surface area contributed by atoms with Gasteiger partial charge in [-0.3, -0.25) is 4.90 Å². The van der Waals surface area contributed by atoms with E-state index in [2.05, 4.69) is 45.2 Å². The average Bonchev–Trinajstić information content (AvgIpc) is 3.11. The maximum absolute atomic E-state index is 5.47. The molecule has 0 amide bonds. The summed E-state index contributed by atoms with van der Waals surface area (Å²) in [6, 6.07) is 20.8. The molecule has 3 aromatic rings. The zero-order valence-corrected chi connectivity index (χ0v) is 17.7. The summed E-state index contributed by atoms with van der Waals surface area (Å²) in [7, 11) is 0. The fourth-order valence-electron chi connectivity index (χ4n) is 3.15. The Bertz CT molecular complexity index is 887. The highest BCUT2D eigenvalue weighted by Crippen LogP contribution is 2.20. The van der Waals surface area contributed by atoms with E-state index < -0.39 is 0 Å². The first-order valence-electron chi connectivity index (χ1n) is 9.04. The van der Waals surface area contributed by atoms with Crippen molar-refractivity contribution >= 4 is 34.0 Å². The number of thiazole rings is 1. The zero-order valence-electron chi connectivity index (χ0n) is 15.2. The molecule has 1 aromatic heterocycles. The van der Waals surface area contributed by atoms with Crippen LogP contribution in [-0.2, 0) is 11.3 Å². The van der Waals surface area contributed by atoms with E-state index in [1.165, 1.54) is 11.3 Å². The molecule has 1 fully saturated rings. The SMILES string of the molecule is Br.c1ccc(N=c2scc(-c3ccccc3)n2CCN2CCOCC2)cc1. The summed E-state index contributed by atoms with van der Waals surface area (Å²) in [5, 5.41) is 2.22. The predicted molar refractivity (Wildman–Crippen MR) is 117 cm³/mol. The first-order chi connectivity index (χ1) is 12.9. The normalized spacial score (nSPS) is 15.5. The van der Waals surface area contributed by atoms with Crippen molar-refractivity contribution in [1.82, 2.24) is 9.47 Å². The van der Waals surface area contributed by atoms with E-state index in [9.17, 15) is 0 Å². The number of benzene rings is 2. The monoisotopic (exact) mass is 445 g/mol. The van der Waals surface area contributed by atoms with Gasteiger partial charge in [0.15, 0.2) is 4.80 Å². The molecule has 0 bridgehead atoms. The molecule has 27 heavy (non-hydrogen) atoms. The fraction of sp³-hybridized carbons (Fsp3) is 0.286. The van der Waals surface area contributed by atoms with Crippen molar-refractivity contribution in [2.45, 2.75) is 6.54 Å². The van der Waals surface area contributed by atoms with Gasteiger partial charge in [0.05, 0.1) is 24.6 Å². The standard InChI is InChI=1S/C21H23N3OS.BrH/c1-3-7-18(8-4-1)20-17-26-21(22-19-9-5-2-6-10-19)24(20)12-11-23-13-15-25-16-14-23;/h1-10,17H,11-16H2;1H. The first kappa shape index (κ1) is 20.0. The molecule has 0 spiro atoms. The molecule has 0 atom stereocenters. The van der Waals surface area contributed by atoms with Crippen LogP contribution in [0.25, 0.3) is 11.3 Å². The number of ether oxygens (including phenoxy) is 1. The third kappa shape index (κ3) is 5.17. The van der Waals surface area contributed by atoms with Crippen LogP contribution in [0.1, 0.15) is 0 Å². The molecule has 0 unspecified atom stereocenters. The van der Waals surface area contributed by atoms with Crippen LogP contribution in [0.2, 0.25) is 0 Å². The Hall–Kier alpha value is -1.73. The summed E-state index contributed by atoms with van der Waals surface area (Å²) in [5.41, 5.74) is 3.47. The summed E-state index contributed by atoms with van der Waals surface area (Å²) in [5.74, 6) is 0. The number of para-hydroxylation sites is 1. The molecule has 142 valence electrons. The lowest BCUT2D eigenvalue weighted by atomic mass is 10.2. The van der Waals surface area contributed by atoms with Crippen molar-refractivity contribution < 1.29 is 4.74 Å². The third-order valence-electron chi connectivity index (χ3n) is 4.59. The summed E-state index contributed by atoms with van der Waals surface area (Å²) < 4.78 is 7.82. The van der Waals surface area contributed by atoms with Gasteiger partial charge in [-0.1, -0.05) is 48.5 Å². The van der Waals surface area contributed by atoms with Gasteiger partial charge >= 0.3 is 0 Å². The highest BCUT2D eigenvalue weighted by Gasteiger charge is 2.13. The van der Waals surface area contributed by atoms with E-state index in [1.807, 2.05) is 30.3 Å². The Labute approximate surface area is 174 Å². The van der Waals surface area contributed by atoms with Crippen LogP contribution in [0.5, 0.6) is 0 Å². The van der Waals surface area contributed by atoms with Crippen LogP contribution in [0.3, 0.4) is 0 Å². The predicted octanol–water partition coefficient (Wildman–Crippen LogP) is 4.36. The molecule has 0 aliphatic carbocycles. The maximum Gasteiger partial charge on any atom is 0.190 e. The molecular formula is C21H24BrN3OS. The Balaban J connectivity index is 0.00000210. The topological polar surface area (TPSA) is 29.8 Å². The van der Waals surface area contributed by atoms with Gasteiger partial charge in [-0.05, 0) is 17.7 Å². The van der Waals surface area contributed by atoms with Crippen molar-refractivity contribution in [2.24, 2.45) is 4.99 Å². The lowest BCUT2D eigenvalue weighted by Crippen LogP contribution is -2.39. The molecule has 1 saturated heterocycles. The minimum absolute atomic E-state index is 0. The van der Waals surface area contributed by atoms with Gasteiger partial charge < -0.3 is 9.30 Å². The molecule has 1 aliphatic rings. The van der Waals surface area contributed by atoms with E-state index in [0.29, 0.717) is 0 Å². The zero-order chi connectivity index (χ0) is 17.6. The summed E-state index contributed by atoms with van der Waals surface area (Å²) >= 11 is 1.71. The summed E-state index contributed by atoms with van der Waals surface area (Å²) in [6.45, 7) is 5.64. The van der Waals surface area contributed by atoms with Crippen molar-refractivity contribution in [1.29, 1.82) is 0 Å². The van der Waals surface area contributed by atoms with Crippen LogP contribution in [0, 0.1) is 0 Å². The van der Waals surface area contributed by atoms with Crippen LogP contribution in [0.4, 0.5) is 5.69 Å². The second-order valence-corrected chi connectivity index (χ2v) is 7.16. The Kier molecular flexibility index (Phi) is 7.41. The highest BCUT2D eigenvalue weighted by molar-refractivity contribution is 8.93. The Morgan fingerprint density at radius 3 is 2.26 bits per heavy atom. The number of halogens is 1. The molecular weight excluding hydrogens is 422 g/mol. The second-order valence-electron chi connectivity index (χ2n) is 6.32. The largest absolute Gasteiger partial charge is 0.379 e. The fourth-order valence-corrected chi connectivity index (χ4v) is 4.11. The van der Waals surface area contributed by atoms with Gasteiger partial charge in [0.1, 0.15) is 0 Å². The lowest BCUT2D eigenvalue weighted by Gasteiger charge is -2.26. The van der Waals surface area contributed by atoms with Gasteiger partial charge in [-0.25, -0.2) is 4.99 Å². The van der Waals surface area contributed by atoms with Gasteiger partial charge in [-0.2, -0.15) is 0 Å². The number of hydrogen-bond acceptors (Lipinski definition) is 4. The molecule has 2 aromatic carbocycles. The molecule has 6 heteroatoms. The van der Waals surface area contributed by atoms with E-state index in [1.54, 1.807) is 11.3 Å². The summed E-state index contributed by atoms with van der Waals surface area (Å²) in [4.78, 5) is 8.40. The molecule has 0 saturated carbocycles. The maximum atomic E-state index is 5.47. The molecule has 0 N–H and O–H groups in total. The van der Waals surface area contributed by atoms with Gasteiger partial charge in [0.25, 0.3) is 0 Å². The van der Waals surface area contributed by atoms with Crippen molar-refractivity contribution in [3.8, 4) is 11.3 Å². The molecule has 2 heterocycles. The van der Waals surface area contributed by atoms with Crippen molar-refractivity contribution in [2.75, 3.05) is 32.8 Å². The molecule has 1 aliphatic heterocycles. The minimum atomic E-state index is 0. The van der Waals surface area contributed by atoms with E-state index in [-0.39, 0.29) is 17.0 Å². The number of aromatic nitrogens is 1.